The van der Waals surface area contributed by atoms with Crippen molar-refractivity contribution in [2.24, 2.45) is 0 Å². The average Bonchev–Trinajstić information content (AvgIpc) is 2.38. The van der Waals surface area contributed by atoms with E-state index in [1.54, 1.807) is 30.8 Å². The minimum absolute atomic E-state index is 0.0773. The lowest BCUT2D eigenvalue weighted by Gasteiger charge is -2.36. The number of aryl methyl sites for hydroxylation is 1. The first-order chi connectivity index (χ1) is 9.26. The van der Waals surface area contributed by atoms with E-state index in [-0.39, 0.29) is 9.64 Å². The van der Waals surface area contributed by atoms with E-state index in [2.05, 4.69) is 13.8 Å². The Bertz CT molecular complexity index is 660. The lowest BCUT2D eigenvalue weighted by Crippen LogP contribution is -2.46. The van der Waals surface area contributed by atoms with Crippen LogP contribution in [-0.2, 0) is 10.0 Å². The van der Waals surface area contributed by atoms with Gasteiger partial charge in [0.25, 0.3) is 0 Å². The highest BCUT2D eigenvalue weighted by Gasteiger charge is 2.35. The van der Waals surface area contributed by atoms with Gasteiger partial charge < -0.3 is 0 Å². The van der Waals surface area contributed by atoms with Crippen LogP contribution in [0.5, 0.6) is 0 Å². The van der Waals surface area contributed by atoms with Gasteiger partial charge in [-0.2, -0.15) is 21.3 Å². The monoisotopic (exact) mass is 310 g/mol. The molecule has 0 atom stereocenters. The Morgan fingerprint density at radius 3 is 2.70 bits per heavy atom. The summed E-state index contributed by atoms with van der Waals surface area (Å²) in [7, 11) is -3.53. The van der Waals surface area contributed by atoms with Gasteiger partial charge in [0.1, 0.15) is 0 Å². The molecule has 0 bridgehead atoms. The summed E-state index contributed by atoms with van der Waals surface area (Å²) in [6.45, 7) is 6.89. The van der Waals surface area contributed by atoms with Crippen LogP contribution in [0, 0.1) is 18.3 Å². The summed E-state index contributed by atoms with van der Waals surface area (Å²) >= 11 is 1.79. The first-order valence-electron chi connectivity index (χ1n) is 6.41. The van der Waals surface area contributed by atoms with Crippen molar-refractivity contribution >= 4 is 21.8 Å². The third-order valence-corrected chi connectivity index (χ3v) is 6.61. The van der Waals surface area contributed by atoms with E-state index in [0.29, 0.717) is 24.2 Å². The fraction of sp³-hybridized carbons (Fsp3) is 0.500. The Kier molecular flexibility index (Phi) is 4.14. The number of hydrogen-bond acceptors (Lipinski definition) is 4. The molecule has 6 heteroatoms. The van der Waals surface area contributed by atoms with Gasteiger partial charge in [0, 0.05) is 23.6 Å². The molecule has 1 aliphatic heterocycles. The van der Waals surface area contributed by atoms with Gasteiger partial charge in [-0.3, -0.25) is 0 Å². The molecule has 1 aromatic carbocycles. The van der Waals surface area contributed by atoms with Crippen molar-refractivity contribution in [1.82, 2.24) is 4.31 Å². The van der Waals surface area contributed by atoms with Gasteiger partial charge in [-0.25, -0.2) is 8.42 Å². The highest BCUT2D eigenvalue weighted by atomic mass is 32.2. The van der Waals surface area contributed by atoms with Crippen molar-refractivity contribution < 1.29 is 8.42 Å². The number of benzene rings is 1. The molecular formula is C14H18N2O2S2. The van der Waals surface area contributed by atoms with Crippen molar-refractivity contribution in [2.75, 3.05) is 18.8 Å². The SMILES string of the molecule is Cc1ccc(C#N)cc1S(=O)(=O)N1CCSC(C)(C)C1. The summed E-state index contributed by atoms with van der Waals surface area (Å²) in [5.41, 5.74) is 1.06. The highest BCUT2D eigenvalue weighted by Crippen LogP contribution is 2.33. The normalized spacial score (nSPS) is 19.5. The summed E-state index contributed by atoms with van der Waals surface area (Å²) in [4.78, 5) is 0.249. The van der Waals surface area contributed by atoms with Crippen LogP contribution >= 0.6 is 11.8 Å². The summed E-state index contributed by atoms with van der Waals surface area (Å²) in [6, 6.07) is 6.80. The molecule has 20 heavy (non-hydrogen) atoms. The van der Waals surface area contributed by atoms with Crippen LogP contribution < -0.4 is 0 Å². The maximum absolute atomic E-state index is 12.8. The predicted molar refractivity (Wildman–Crippen MR) is 81.2 cm³/mol. The number of rotatable bonds is 2. The number of sulfonamides is 1. The zero-order valence-electron chi connectivity index (χ0n) is 11.9. The predicted octanol–water partition coefficient (Wildman–Crippen LogP) is 2.38. The zero-order valence-corrected chi connectivity index (χ0v) is 13.5. The van der Waals surface area contributed by atoms with Crippen LogP contribution in [0.25, 0.3) is 0 Å². The molecule has 1 saturated heterocycles. The van der Waals surface area contributed by atoms with Crippen LogP contribution in [0.2, 0.25) is 0 Å². The van der Waals surface area contributed by atoms with Crippen molar-refractivity contribution in [1.29, 1.82) is 5.26 Å². The molecule has 0 aliphatic carbocycles. The third-order valence-electron chi connectivity index (χ3n) is 3.33. The van der Waals surface area contributed by atoms with Gasteiger partial charge in [0.2, 0.25) is 10.0 Å². The summed E-state index contributed by atoms with van der Waals surface area (Å²) in [5.74, 6) is 0.795. The van der Waals surface area contributed by atoms with E-state index in [1.165, 1.54) is 10.4 Å². The standard InChI is InChI=1S/C14H18N2O2S2/c1-11-4-5-12(9-15)8-13(11)20(17,18)16-6-7-19-14(2,3)10-16/h4-5,8H,6-7,10H2,1-3H3. The zero-order chi connectivity index (χ0) is 15.0. The van der Waals surface area contributed by atoms with Crippen LogP contribution in [0.1, 0.15) is 25.0 Å². The number of hydrogen-bond donors (Lipinski definition) is 0. The molecule has 1 fully saturated rings. The largest absolute Gasteiger partial charge is 0.243 e. The summed E-state index contributed by atoms with van der Waals surface area (Å²) in [6.07, 6.45) is 0. The van der Waals surface area contributed by atoms with E-state index in [0.717, 1.165) is 5.75 Å². The van der Waals surface area contributed by atoms with E-state index < -0.39 is 10.0 Å². The molecule has 2 rings (SSSR count). The average molecular weight is 310 g/mol. The second kappa shape index (κ2) is 5.40. The fourth-order valence-corrected chi connectivity index (χ4v) is 5.43. The smallest absolute Gasteiger partial charge is 0.207 e. The Balaban J connectivity index is 2.43. The molecule has 4 nitrogen and oxygen atoms in total. The molecule has 0 saturated carbocycles. The van der Waals surface area contributed by atoms with Gasteiger partial charge in [-0.15, -0.1) is 0 Å². The highest BCUT2D eigenvalue weighted by molar-refractivity contribution is 8.00. The topological polar surface area (TPSA) is 61.2 Å². The van der Waals surface area contributed by atoms with Gasteiger partial charge in [0.15, 0.2) is 0 Å². The Hall–Kier alpha value is -1.03. The molecule has 0 aromatic heterocycles. The van der Waals surface area contributed by atoms with Crippen molar-refractivity contribution in [3.63, 3.8) is 0 Å². The second-order valence-corrected chi connectivity index (χ2v) is 9.25. The Morgan fingerprint density at radius 1 is 1.40 bits per heavy atom. The van der Waals surface area contributed by atoms with E-state index in [1.807, 2.05) is 6.07 Å². The molecule has 108 valence electrons. The summed E-state index contributed by atoms with van der Waals surface area (Å²) < 4.78 is 27.0. The molecule has 0 amide bonds. The first kappa shape index (κ1) is 15.4. The maximum atomic E-state index is 12.8. The lowest BCUT2D eigenvalue weighted by molar-refractivity contribution is 0.387. The van der Waals surface area contributed by atoms with Crippen LogP contribution in [0.3, 0.4) is 0 Å². The number of nitriles is 1. The number of thioether (sulfide) groups is 1. The minimum Gasteiger partial charge on any atom is -0.207 e. The summed E-state index contributed by atoms with van der Waals surface area (Å²) in [5, 5.41) is 8.95. The number of nitrogens with zero attached hydrogens (tertiary/aromatic N) is 2. The molecular weight excluding hydrogens is 292 g/mol. The van der Waals surface area contributed by atoms with Crippen molar-refractivity contribution in [3.05, 3.63) is 29.3 Å². The van der Waals surface area contributed by atoms with Crippen LogP contribution in [0.15, 0.2) is 23.1 Å². The van der Waals surface area contributed by atoms with Crippen LogP contribution in [0.4, 0.5) is 0 Å². The van der Waals surface area contributed by atoms with Gasteiger partial charge in [-0.1, -0.05) is 6.07 Å². The second-order valence-electron chi connectivity index (χ2n) is 5.54. The molecule has 0 spiro atoms. The lowest BCUT2D eigenvalue weighted by atomic mass is 10.2. The van der Waals surface area contributed by atoms with E-state index >= 15 is 0 Å². The maximum Gasteiger partial charge on any atom is 0.243 e. The van der Waals surface area contributed by atoms with Crippen molar-refractivity contribution in [2.45, 2.75) is 30.4 Å². The van der Waals surface area contributed by atoms with Crippen molar-refractivity contribution in [3.8, 4) is 6.07 Å². The quantitative estimate of drug-likeness (QED) is 0.841. The molecule has 1 heterocycles. The molecule has 0 unspecified atom stereocenters. The Morgan fingerprint density at radius 2 is 2.10 bits per heavy atom. The van der Waals surface area contributed by atoms with Gasteiger partial charge in [-0.05, 0) is 38.5 Å². The van der Waals surface area contributed by atoms with E-state index in [9.17, 15) is 8.42 Å². The first-order valence-corrected chi connectivity index (χ1v) is 8.84. The van der Waals surface area contributed by atoms with Gasteiger partial charge in [0.05, 0.1) is 16.5 Å². The van der Waals surface area contributed by atoms with E-state index in [4.69, 9.17) is 5.26 Å². The molecule has 1 aliphatic rings. The molecule has 0 radical (unpaired) electrons. The van der Waals surface area contributed by atoms with Gasteiger partial charge >= 0.3 is 0 Å². The Labute approximate surface area is 124 Å². The third kappa shape index (κ3) is 3.00. The molecule has 0 N–H and O–H groups in total. The molecule has 1 aromatic rings. The minimum atomic E-state index is -3.53. The van der Waals surface area contributed by atoms with Crippen LogP contribution in [-0.4, -0.2) is 36.3 Å². The fourth-order valence-electron chi connectivity index (χ4n) is 2.26.